The number of hydrogen-bond donors (Lipinski definition) is 2. The van der Waals surface area contributed by atoms with E-state index >= 15 is 0 Å². The molecule has 1 aliphatic rings. The second-order valence-electron chi connectivity index (χ2n) is 4.35. The Bertz CT molecular complexity index is 354. The highest BCUT2D eigenvalue weighted by molar-refractivity contribution is 5.33. The number of aliphatic hydroxyl groups is 1. The average Bonchev–Trinajstić information content (AvgIpc) is 2.62. The molecule has 16 heavy (non-hydrogen) atoms. The van der Waals surface area contributed by atoms with Crippen molar-refractivity contribution in [2.75, 3.05) is 0 Å². The summed E-state index contributed by atoms with van der Waals surface area (Å²) in [5.41, 5.74) is 6.94. The van der Waals surface area contributed by atoms with Gasteiger partial charge in [-0.25, -0.2) is 0 Å². The van der Waals surface area contributed by atoms with E-state index in [1.165, 1.54) is 5.56 Å². The molecule has 88 valence electrons. The van der Waals surface area contributed by atoms with Crippen molar-refractivity contribution >= 4 is 0 Å². The van der Waals surface area contributed by atoms with Crippen molar-refractivity contribution < 1.29 is 9.84 Å². The number of hydrogen-bond acceptors (Lipinski definition) is 3. The van der Waals surface area contributed by atoms with Crippen molar-refractivity contribution in [1.29, 1.82) is 0 Å². The Hall–Kier alpha value is -1.06. The maximum Gasteiger partial charge on any atom is 0.126 e. The lowest BCUT2D eigenvalue weighted by Crippen LogP contribution is -2.37. The van der Waals surface area contributed by atoms with Crippen LogP contribution in [0.3, 0.4) is 0 Å². The van der Waals surface area contributed by atoms with Gasteiger partial charge in [-0.15, -0.1) is 0 Å². The van der Waals surface area contributed by atoms with Crippen molar-refractivity contribution in [2.45, 2.75) is 44.4 Å². The van der Waals surface area contributed by atoms with E-state index in [1.807, 2.05) is 18.2 Å². The molecule has 3 unspecified atom stereocenters. The highest BCUT2D eigenvalue weighted by Crippen LogP contribution is 2.26. The molecule has 1 aromatic rings. The van der Waals surface area contributed by atoms with Gasteiger partial charge in [-0.3, -0.25) is 0 Å². The van der Waals surface area contributed by atoms with E-state index < -0.39 is 6.10 Å². The van der Waals surface area contributed by atoms with Gasteiger partial charge in [0.2, 0.25) is 0 Å². The quantitative estimate of drug-likeness (QED) is 0.813. The molecule has 3 heteroatoms. The predicted molar refractivity (Wildman–Crippen MR) is 63.5 cm³/mol. The van der Waals surface area contributed by atoms with Gasteiger partial charge in [0.15, 0.2) is 0 Å². The first-order valence-corrected chi connectivity index (χ1v) is 5.90. The van der Waals surface area contributed by atoms with Crippen LogP contribution in [0, 0.1) is 0 Å². The van der Waals surface area contributed by atoms with E-state index in [-0.39, 0.29) is 12.1 Å². The molecular weight excluding hydrogens is 202 g/mol. The van der Waals surface area contributed by atoms with Crippen molar-refractivity contribution in [3.63, 3.8) is 0 Å². The van der Waals surface area contributed by atoms with Gasteiger partial charge < -0.3 is 15.6 Å². The Balaban J connectivity index is 2.09. The molecule has 0 bridgehead atoms. The Morgan fingerprint density at radius 2 is 2.12 bits per heavy atom. The van der Waals surface area contributed by atoms with Crippen LogP contribution >= 0.6 is 0 Å². The summed E-state index contributed by atoms with van der Waals surface area (Å²) in [6.07, 6.45) is 1.92. The molecule has 1 saturated carbocycles. The number of para-hydroxylation sites is 1. The number of nitrogens with two attached hydrogens (primary N) is 1. The molecular formula is C13H19NO2. The van der Waals surface area contributed by atoms with E-state index in [1.54, 1.807) is 0 Å². The van der Waals surface area contributed by atoms with Gasteiger partial charge >= 0.3 is 0 Å². The largest absolute Gasteiger partial charge is 0.487 e. The highest BCUT2D eigenvalue weighted by Gasteiger charge is 2.34. The fourth-order valence-corrected chi connectivity index (χ4v) is 2.18. The van der Waals surface area contributed by atoms with E-state index in [4.69, 9.17) is 10.5 Å². The first kappa shape index (κ1) is 11.4. The number of aryl methyl sites for hydroxylation is 1. The standard InChI is InChI=1S/C13H19NO2/c1-2-9-5-3-4-6-11(9)16-12-8-7-10(14)13(12)15/h3-6,10,12-13,15H,2,7-8,14H2,1H3. The third-order valence-electron chi connectivity index (χ3n) is 3.24. The molecule has 0 saturated heterocycles. The maximum absolute atomic E-state index is 9.83. The van der Waals surface area contributed by atoms with Crippen LogP contribution in [0.5, 0.6) is 5.75 Å². The van der Waals surface area contributed by atoms with Crippen molar-refractivity contribution in [3.8, 4) is 5.75 Å². The summed E-state index contributed by atoms with van der Waals surface area (Å²) in [7, 11) is 0. The summed E-state index contributed by atoms with van der Waals surface area (Å²) in [6, 6.07) is 7.82. The minimum atomic E-state index is -0.537. The van der Waals surface area contributed by atoms with Crippen LogP contribution in [0.2, 0.25) is 0 Å². The smallest absolute Gasteiger partial charge is 0.126 e. The van der Waals surface area contributed by atoms with Crippen LogP contribution in [0.25, 0.3) is 0 Å². The molecule has 3 N–H and O–H groups in total. The molecule has 3 atom stereocenters. The van der Waals surface area contributed by atoms with E-state index in [0.29, 0.717) is 0 Å². The van der Waals surface area contributed by atoms with Gasteiger partial charge in [-0.1, -0.05) is 25.1 Å². The molecule has 1 aliphatic carbocycles. The van der Waals surface area contributed by atoms with Gasteiger partial charge in [0.25, 0.3) is 0 Å². The third kappa shape index (κ3) is 2.20. The van der Waals surface area contributed by atoms with Crippen LogP contribution < -0.4 is 10.5 Å². The van der Waals surface area contributed by atoms with E-state index in [0.717, 1.165) is 25.0 Å². The maximum atomic E-state index is 9.83. The van der Waals surface area contributed by atoms with Gasteiger partial charge in [0.05, 0.1) is 0 Å². The summed E-state index contributed by atoms with van der Waals surface area (Å²) >= 11 is 0. The lowest BCUT2D eigenvalue weighted by Gasteiger charge is -2.20. The van der Waals surface area contributed by atoms with Crippen molar-refractivity contribution in [2.24, 2.45) is 5.73 Å². The zero-order valence-corrected chi connectivity index (χ0v) is 9.60. The molecule has 0 aromatic heterocycles. The SMILES string of the molecule is CCc1ccccc1OC1CCC(N)C1O. The third-order valence-corrected chi connectivity index (χ3v) is 3.24. The summed E-state index contributed by atoms with van der Waals surface area (Å²) in [4.78, 5) is 0. The van der Waals surface area contributed by atoms with Gasteiger partial charge in [0, 0.05) is 6.04 Å². The molecule has 1 aromatic carbocycles. The fraction of sp³-hybridized carbons (Fsp3) is 0.538. The highest BCUT2D eigenvalue weighted by atomic mass is 16.5. The fourth-order valence-electron chi connectivity index (χ4n) is 2.18. The predicted octanol–water partition coefficient (Wildman–Crippen LogP) is 1.48. The second kappa shape index (κ2) is 4.85. The number of ether oxygens (including phenoxy) is 1. The summed E-state index contributed by atoms with van der Waals surface area (Å²) in [5, 5.41) is 9.83. The molecule has 0 amide bonds. The van der Waals surface area contributed by atoms with E-state index in [9.17, 15) is 5.11 Å². The van der Waals surface area contributed by atoms with Crippen LogP contribution in [0.4, 0.5) is 0 Å². The molecule has 0 spiro atoms. The Morgan fingerprint density at radius 3 is 2.75 bits per heavy atom. The summed E-state index contributed by atoms with van der Waals surface area (Å²) in [6.45, 7) is 2.10. The van der Waals surface area contributed by atoms with Crippen LogP contribution in [0.1, 0.15) is 25.3 Å². The first-order chi connectivity index (χ1) is 7.72. The Kier molecular flexibility index (Phi) is 3.46. The van der Waals surface area contributed by atoms with Gasteiger partial charge in [0.1, 0.15) is 18.0 Å². The zero-order chi connectivity index (χ0) is 11.5. The summed E-state index contributed by atoms with van der Waals surface area (Å²) < 4.78 is 5.85. The average molecular weight is 221 g/mol. The minimum absolute atomic E-state index is 0.140. The zero-order valence-electron chi connectivity index (χ0n) is 9.60. The summed E-state index contributed by atoms with van der Waals surface area (Å²) in [5.74, 6) is 0.878. The first-order valence-electron chi connectivity index (χ1n) is 5.90. The topological polar surface area (TPSA) is 55.5 Å². The van der Waals surface area contributed by atoms with Crippen LogP contribution in [-0.4, -0.2) is 23.4 Å². The molecule has 1 fully saturated rings. The monoisotopic (exact) mass is 221 g/mol. The number of rotatable bonds is 3. The van der Waals surface area contributed by atoms with Crippen molar-refractivity contribution in [1.82, 2.24) is 0 Å². The van der Waals surface area contributed by atoms with Crippen molar-refractivity contribution in [3.05, 3.63) is 29.8 Å². The lowest BCUT2D eigenvalue weighted by atomic mass is 10.1. The number of aliphatic hydroxyl groups excluding tert-OH is 1. The molecule has 0 aliphatic heterocycles. The number of benzene rings is 1. The Morgan fingerprint density at radius 1 is 1.38 bits per heavy atom. The second-order valence-corrected chi connectivity index (χ2v) is 4.35. The van der Waals surface area contributed by atoms with Gasteiger partial charge in [-0.05, 0) is 30.9 Å². The molecule has 3 nitrogen and oxygen atoms in total. The van der Waals surface area contributed by atoms with E-state index in [2.05, 4.69) is 13.0 Å². The molecule has 0 radical (unpaired) electrons. The van der Waals surface area contributed by atoms with Gasteiger partial charge in [-0.2, -0.15) is 0 Å². The molecule has 0 heterocycles. The Labute approximate surface area is 96.2 Å². The van der Waals surface area contributed by atoms with Crippen LogP contribution in [-0.2, 0) is 6.42 Å². The van der Waals surface area contributed by atoms with Crippen LogP contribution in [0.15, 0.2) is 24.3 Å². The lowest BCUT2D eigenvalue weighted by molar-refractivity contribution is 0.0516. The normalized spacial score (nSPS) is 29.3. The molecule has 2 rings (SSSR count). The minimum Gasteiger partial charge on any atom is -0.487 e.